The number of nitrogen functional groups attached to an aromatic ring is 1. The molecule has 0 aliphatic rings. The van der Waals surface area contributed by atoms with Crippen LogP contribution in [-0.2, 0) is 4.74 Å². The molecule has 0 aromatic carbocycles. The number of nitrogens with zero attached hydrogens (tertiary/aromatic N) is 4. The number of ether oxygens (including phenoxy) is 2. The fourth-order valence-corrected chi connectivity index (χ4v) is 1.93. The van der Waals surface area contributed by atoms with Crippen LogP contribution >= 0.6 is 11.6 Å². The number of methoxy groups -OCH3 is 2. The molecule has 0 amide bonds. The molecule has 0 aliphatic heterocycles. The zero-order valence-corrected chi connectivity index (χ0v) is 11.6. The van der Waals surface area contributed by atoms with Gasteiger partial charge in [-0.05, 0) is 6.07 Å². The van der Waals surface area contributed by atoms with Gasteiger partial charge in [-0.15, -0.1) is 15.3 Å². The largest absolute Gasteiger partial charge is 0.480 e. The van der Waals surface area contributed by atoms with Gasteiger partial charge in [0.2, 0.25) is 5.88 Å². The molecule has 20 heavy (non-hydrogen) atoms. The van der Waals surface area contributed by atoms with Gasteiger partial charge in [0, 0.05) is 12.7 Å². The second kappa shape index (κ2) is 6.02. The summed E-state index contributed by atoms with van der Waals surface area (Å²) >= 11 is 5.84. The van der Waals surface area contributed by atoms with E-state index in [2.05, 4.69) is 15.3 Å². The van der Waals surface area contributed by atoms with E-state index in [0.717, 1.165) is 0 Å². The van der Waals surface area contributed by atoms with Crippen molar-refractivity contribution in [2.45, 2.75) is 6.04 Å². The van der Waals surface area contributed by atoms with Crippen LogP contribution in [0, 0.1) is 5.95 Å². The second-order valence-electron chi connectivity index (χ2n) is 3.96. The topological polar surface area (TPSA) is 88.1 Å². The van der Waals surface area contributed by atoms with E-state index in [0.29, 0.717) is 5.56 Å². The maximum Gasteiger partial charge on any atom is 0.255 e. The number of anilines is 1. The van der Waals surface area contributed by atoms with Crippen molar-refractivity contribution in [3.63, 3.8) is 0 Å². The van der Waals surface area contributed by atoms with Crippen LogP contribution in [0.2, 0.25) is 5.15 Å². The second-order valence-corrected chi connectivity index (χ2v) is 4.35. The fourth-order valence-electron chi connectivity index (χ4n) is 1.78. The molecule has 0 spiro atoms. The maximum absolute atomic E-state index is 13.3. The number of rotatable bonds is 5. The highest BCUT2D eigenvalue weighted by Gasteiger charge is 2.22. The Labute approximate surface area is 119 Å². The van der Waals surface area contributed by atoms with Crippen LogP contribution in [0.15, 0.2) is 12.3 Å². The minimum absolute atomic E-state index is 0.0572. The average molecular weight is 302 g/mol. The normalized spacial score (nSPS) is 12.4. The van der Waals surface area contributed by atoms with Crippen molar-refractivity contribution in [2.24, 2.45) is 0 Å². The van der Waals surface area contributed by atoms with E-state index in [1.807, 2.05) is 0 Å². The van der Waals surface area contributed by atoms with Gasteiger partial charge in [-0.25, -0.2) is 0 Å². The van der Waals surface area contributed by atoms with Crippen LogP contribution < -0.4 is 10.5 Å². The van der Waals surface area contributed by atoms with Crippen LogP contribution in [0.1, 0.15) is 11.6 Å². The Morgan fingerprint density at radius 2 is 2.20 bits per heavy atom. The molecule has 9 heteroatoms. The van der Waals surface area contributed by atoms with Gasteiger partial charge in [0.25, 0.3) is 5.95 Å². The standard InChI is InChI=1S/C11H13ClFN5O2/c1-19-5-8(18-4-7(14)10(13)17-18)6-3-9(12)15-16-11(6)20-2/h3-4,8H,5,14H2,1-2H3. The molecule has 0 radical (unpaired) electrons. The van der Waals surface area contributed by atoms with Crippen LogP contribution in [-0.4, -0.2) is 40.8 Å². The van der Waals surface area contributed by atoms with Gasteiger partial charge in [-0.1, -0.05) is 11.6 Å². The number of hydrogen-bond acceptors (Lipinski definition) is 6. The van der Waals surface area contributed by atoms with Crippen molar-refractivity contribution < 1.29 is 13.9 Å². The summed E-state index contributed by atoms with van der Waals surface area (Å²) in [6, 6.07) is 1.07. The molecule has 7 nitrogen and oxygen atoms in total. The summed E-state index contributed by atoms with van der Waals surface area (Å²) in [7, 11) is 2.96. The summed E-state index contributed by atoms with van der Waals surface area (Å²) in [6.07, 6.45) is 1.37. The number of nitrogens with two attached hydrogens (primary N) is 1. The zero-order valence-electron chi connectivity index (χ0n) is 10.9. The highest BCUT2D eigenvalue weighted by Crippen LogP contribution is 2.28. The molecular weight excluding hydrogens is 289 g/mol. The van der Waals surface area contributed by atoms with Crippen LogP contribution in [0.4, 0.5) is 10.1 Å². The van der Waals surface area contributed by atoms with Gasteiger partial charge in [0.15, 0.2) is 5.15 Å². The molecule has 0 bridgehead atoms. The van der Waals surface area contributed by atoms with Crippen LogP contribution in [0.25, 0.3) is 0 Å². The first kappa shape index (κ1) is 14.5. The summed E-state index contributed by atoms with van der Waals surface area (Å²) in [5.74, 6) is -0.496. The zero-order chi connectivity index (χ0) is 14.7. The van der Waals surface area contributed by atoms with Crippen molar-refractivity contribution >= 4 is 17.3 Å². The Bertz CT molecular complexity index is 587. The molecule has 2 rings (SSSR count). The predicted molar refractivity (Wildman–Crippen MR) is 70.2 cm³/mol. The number of hydrogen-bond donors (Lipinski definition) is 1. The van der Waals surface area contributed by atoms with E-state index in [9.17, 15) is 4.39 Å². The molecule has 0 saturated carbocycles. The van der Waals surface area contributed by atoms with Crippen LogP contribution in [0.5, 0.6) is 5.88 Å². The lowest BCUT2D eigenvalue weighted by Gasteiger charge is -2.18. The third-order valence-electron chi connectivity index (χ3n) is 2.67. The van der Waals surface area contributed by atoms with Gasteiger partial charge < -0.3 is 15.2 Å². The molecule has 2 aromatic rings. The fraction of sp³-hybridized carbons (Fsp3) is 0.364. The molecule has 1 unspecified atom stereocenters. The lowest BCUT2D eigenvalue weighted by Crippen LogP contribution is -2.18. The van der Waals surface area contributed by atoms with Crippen molar-refractivity contribution in [3.8, 4) is 5.88 Å². The smallest absolute Gasteiger partial charge is 0.255 e. The van der Waals surface area contributed by atoms with E-state index in [-0.39, 0.29) is 23.3 Å². The molecule has 1 atom stereocenters. The minimum Gasteiger partial charge on any atom is -0.480 e. The molecule has 0 saturated heterocycles. The van der Waals surface area contributed by atoms with Crippen molar-refractivity contribution in [1.29, 1.82) is 0 Å². The van der Waals surface area contributed by atoms with Gasteiger partial charge >= 0.3 is 0 Å². The summed E-state index contributed by atoms with van der Waals surface area (Å²) in [4.78, 5) is 0. The molecule has 2 N–H and O–H groups in total. The van der Waals surface area contributed by atoms with E-state index in [1.54, 1.807) is 6.07 Å². The van der Waals surface area contributed by atoms with Gasteiger partial charge in [0.05, 0.1) is 19.9 Å². The summed E-state index contributed by atoms with van der Waals surface area (Å²) in [6.45, 7) is 0.207. The molecule has 108 valence electrons. The highest BCUT2D eigenvalue weighted by molar-refractivity contribution is 6.29. The van der Waals surface area contributed by atoms with E-state index in [4.69, 9.17) is 26.8 Å². The highest BCUT2D eigenvalue weighted by atomic mass is 35.5. The number of aromatic nitrogens is 4. The molecule has 0 aliphatic carbocycles. The first-order valence-corrected chi connectivity index (χ1v) is 6.00. The third kappa shape index (κ3) is 2.81. The Hall–Kier alpha value is -1.93. The van der Waals surface area contributed by atoms with Crippen molar-refractivity contribution in [1.82, 2.24) is 20.0 Å². The van der Waals surface area contributed by atoms with Gasteiger partial charge in [-0.2, -0.15) is 4.39 Å². The Morgan fingerprint density at radius 1 is 1.45 bits per heavy atom. The lowest BCUT2D eigenvalue weighted by atomic mass is 10.1. The van der Waals surface area contributed by atoms with Crippen molar-refractivity contribution in [2.75, 3.05) is 26.6 Å². The predicted octanol–water partition coefficient (Wildman–Crippen LogP) is 1.29. The average Bonchev–Trinajstić information content (AvgIpc) is 2.75. The van der Waals surface area contributed by atoms with E-state index >= 15 is 0 Å². The Balaban J connectivity index is 2.50. The first-order valence-electron chi connectivity index (χ1n) is 5.63. The summed E-state index contributed by atoms with van der Waals surface area (Å²) < 4.78 is 24.9. The summed E-state index contributed by atoms with van der Waals surface area (Å²) in [5.41, 5.74) is 5.98. The molecule has 0 fully saturated rings. The maximum atomic E-state index is 13.3. The number of halogens is 2. The molecule has 2 aromatic heterocycles. The van der Waals surface area contributed by atoms with E-state index in [1.165, 1.54) is 25.1 Å². The molecular formula is C11H13ClFN5O2. The first-order chi connectivity index (χ1) is 9.56. The Morgan fingerprint density at radius 3 is 2.75 bits per heavy atom. The SMILES string of the molecule is COCC(c1cc(Cl)nnc1OC)n1cc(N)c(F)n1. The lowest BCUT2D eigenvalue weighted by molar-refractivity contribution is 0.161. The third-order valence-corrected chi connectivity index (χ3v) is 2.85. The molecule has 2 heterocycles. The van der Waals surface area contributed by atoms with E-state index < -0.39 is 12.0 Å². The monoisotopic (exact) mass is 301 g/mol. The summed E-state index contributed by atoms with van der Waals surface area (Å²) in [5, 5.41) is 11.4. The minimum atomic E-state index is -0.752. The van der Waals surface area contributed by atoms with Crippen molar-refractivity contribution in [3.05, 3.63) is 28.9 Å². The van der Waals surface area contributed by atoms with Gasteiger partial charge in [-0.3, -0.25) is 4.68 Å². The van der Waals surface area contributed by atoms with Gasteiger partial charge in [0.1, 0.15) is 11.7 Å². The Kier molecular flexibility index (Phi) is 4.35. The van der Waals surface area contributed by atoms with Crippen LogP contribution in [0.3, 0.4) is 0 Å². The quantitative estimate of drug-likeness (QED) is 0.895.